The number of nitrogens with one attached hydrogen (secondary N) is 1. The molecule has 1 aliphatic carbocycles. The first-order chi connectivity index (χ1) is 9.69. The second-order valence-electron chi connectivity index (χ2n) is 5.13. The van der Waals surface area contributed by atoms with Crippen LogP contribution in [0.25, 0.3) is 0 Å². The van der Waals surface area contributed by atoms with Crippen LogP contribution in [-0.4, -0.2) is 23.9 Å². The van der Waals surface area contributed by atoms with Gasteiger partial charge in [-0.1, -0.05) is 21.9 Å². The summed E-state index contributed by atoms with van der Waals surface area (Å²) in [6.45, 7) is 1.03. The van der Waals surface area contributed by atoms with Crippen LogP contribution < -0.4 is 10.1 Å². The van der Waals surface area contributed by atoms with Crippen molar-refractivity contribution >= 4 is 15.9 Å². The van der Waals surface area contributed by atoms with Crippen molar-refractivity contribution in [3.05, 3.63) is 28.2 Å². The topological polar surface area (TPSA) is 41.5 Å². The van der Waals surface area contributed by atoms with E-state index in [4.69, 9.17) is 11.2 Å². The third-order valence-electron chi connectivity index (χ3n) is 3.61. The van der Waals surface area contributed by atoms with Crippen molar-refractivity contribution < 1.29 is 9.84 Å². The zero-order chi connectivity index (χ0) is 14.4. The van der Waals surface area contributed by atoms with Crippen LogP contribution in [0.4, 0.5) is 0 Å². The number of halogens is 1. The Hall–Kier alpha value is -1.02. The van der Waals surface area contributed by atoms with Crippen LogP contribution in [0, 0.1) is 12.3 Å². The molecule has 1 aromatic rings. The van der Waals surface area contributed by atoms with E-state index in [-0.39, 0.29) is 12.7 Å². The lowest BCUT2D eigenvalue weighted by Gasteiger charge is -2.26. The van der Waals surface area contributed by atoms with Crippen LogP contribution >= 0.6 is 15.9 Å². The lowest BCUT2D eigenvalue weighted by molar-refractivity contribution is 0.116. The summed E-state index contributed by atoms with van der Waals surface area (Å²) >= 11 is 3.48. The minimum atomic E-state index is -0.117. The Labute approximate surface area is 128 Å². The quantitative estimate of drug-likeness (QED) is 0.812. The molecule has 1 saturated carbocycles. The molecule has 0 heterocycles. The summed E-state index contributed by atoms with van der Waals surface area (Å²) in [6.07, 6.45) is 8.94. The maximum atomic E-state index is 9.52. The molecule has 20 heavy (non-hydrogen) atoms. The summed E-state index contributed by atoms with van der Waals surface area (Å²) in [5, 5.41) is 13.1. The molecule has 0 amide bonds. The van der Waals surface area contributed by atoms with Gasteiger partial charge in [-0.2, -0.15) is 0 Å². The van der Waals surface area contributed by atoms with Crippen molar-refractivity contribution in [2.45, 2.75) is 44.4 Å². The highest BCUT2D eigenvalue weighted by Crippen LogP contribution is 2.24. The maximum Gasteiger partial charge on any atom is 0.148 e. The third kappa shape index (κ3) is 4.52. The second-order valence-corrected chi connectivity index (χ2v) is 6.05. The number of ether oxygens (including phenoxy) is 1. The summed E-state index contributed by atoms with van der Waals surface area (Å²) < 4.78 is 6.59. The molecular formula is C16H20BrNO2. The lowest BCUT2D eigenvalue weighted by Crippen LogP contribution is -2.34. The van der Waals surface area contributed by atoms with Gasteiger partial charge in [0.2, 0.25) is 0 Å². The summed E-state index contributed by atoms with van der Waals surface area (Å²) in [5.74, 6) is 3.31. The molecular weight excluding hydrogens is 318 g/mol. The largest absolute Gasteiger partial charge is 0.481 e. The molecule has 0 atom stereocenters. The summed E-state index contributed by atoms with van der Waals surface area (Å²) in [4.78, 5) is 0. The number of hydrogen-bond acceptors (Lipinski definition) is 3. The van der Waals surface area contributed by atoms with E-state index in [9.17, 15) is 5.11 Å². The minimum Gasteiger partial charge on any atom is -0.481 e. The Balaban J connectivity index is 1.94. The number of aliphatic hydroxyl groups excluding tert-OH is 1. The van der Waals surface area contributed by atoms with Crippen molar-refractivity contribution in [2.75, 3.05) is 6.61 Å². The van der Waals surface area contributed by atoms with Gasteiger partial charge in [0.05, 0.1) is 6.10 Å². The van der Waals surface area contributed by atoms with Crippen LogP contribution in [0.2, 0.25) is 0 Å². The van der Waals surface area contributed by atoms with Gasteiger partial charge in [0.15, 0.2) is 0 Å². The third-order valence-corrected chi connectivity index (χ3v) is 4.10. The molecule has 0 aliphatic heterocycles. The standard InChI is InChI=1S/C16H20BrNO2/c1-2-9-20-16-8-3-13(17)10-12(16)11-18-14-4-6-15(19)7-5-14/h1,3,8,10,14-15,18-19H,4-7,9,11H2. The van der Waals surface area contributed by atoms with E-state index in [1.54, 1.807) is 0 Å². The van der Waals surface area contributed by atoms with Gasteiger partial charge in [-0.15, -0.1) is 6.42 Å². The molecule has 4 heteroatoms. The first-order valence-corrected chi connectivity index (χ1v) is 7.74. The van der Waals surface area contributed by atoms with Gasteiger partial charge >= 0.3 is 0 Å². The van der Waals surface area contributed by atoms with Crippen molar-refractivity contribution in [3.63, 3.8) is 0 Å². The van der Waals surface area contributed by atoms with Gasteiger partial charge in [0, 0.05) is 22.6 Å². The lowest BCUT2D eigenvalue weighted by atomic mass is 9.93. The average molecular weight is 338 g/mol. The normalized spacial score (nSPS) is 22.2. The Morgan fingerprint density at radius 3 is 2.80 bits per heavy atom. The first kappa shape index (κ1) is 15.4. The van der Waals surface area contributed by atoms with Gasteiger partial charge in [-0.25, -0.2) is 0 Å². The highest BCUT2D eigenvalue weighted by molar-refractivity contribution is 9.10. The molecule has 0 spiro atoms. The molecule has 1 fully saturated rings. The van der Waals surface area contributed by atoms with E-state index in [2.05, 4.69) is 33.2 Å². The van der Waals surface area contributed by atoms with Crippen molar-refractivity contribution in [1.29, 1.82) is 0 Å². The van der Waals surface area contributed by atoms with Gasteiger partial charge in [0.1, 0.15) is 12.4 Å². The molecule has 2 N–H and O–H groups in total. The molecule has 3 nitrogen and oxygen atoms in total. The molecule has 0 aromatic heterocycles. The van der Waals surface area contributed by atoms with Gasteiger partial charge in [-0.3, -0.25) is 0 Å². The maximum absolute atomic E-state index is 9.52. The zero-order valence-electron chi connectivity index (χ0n) is 11.4. The molecule has 2 rings (SSSR count). The smallest absolute Gasteiger partial charge is 0.148 e. The van der Waals surface area contributed by atoms with Crippen LogP contribution in [0.3, 0.4) is 0 Å². The molecule has 0 unspecified atom stereocenters. The molecule has 1 aliphatic rings. The number of hydrogen-bond donors (Lipinski definition) is 2. The van der Waals surface area contributed by atoms with Crippen LogP contribution in [0.5, 0.6) is 5.75 Å². The van der Waals surface area contributed by atoms with Crippen LogP contribution in [0.15, 0.2) is 22.7 Å². The fourth-order valence-corrected chi connectivity index (χ4v) is 2.89. The Morgan fingerprint density at radius 1 is 1.35 bits per heavy atom. The Morgan fingerprint density at radius 2 is 2.10 bits per heavy atom. The molecule has 0 bridgehead atoms. The van der Waals surface area contributed by atoms with E-state index < -0.39 is 0 Å². The highest BCUT2D eigenvalue weighted by Gasteiger charge is 2.19. The predicted molar refractivity (Wildman–Crippen MR) is 83.6 cm³/mol. The number of rotatable bonds is 5. The SMILES string of the molecule is C#CCOc1ccc(Br)cc1CNC1CCC(O)CC1. The monoisotopic (exact) mass is 337 g/mol. The number of terminal acetylenes is 1. The van der Waals surface area contributed by atoms with Crippen molar-refractivity contribution in [1.82, 2.24) is 5.32 Å². The van der Waals surface area contributed by atoms with Gasteiger partial charge < -0.3 is 15.2 Å². The molecule has 0 radical (unpaired) electrons. The fourth-order valence-electron chi connectivity index (χ4n) is 2.48. The van der Waals surface area contributed by atoms with E-state index in [1.807, 2.05) is 12.1 Å². The van der Waals surface area contributed by atoms with E-state index in [1.165, 1.54) is 0 Å². The predicted octanol–water partition coefficient (Wildman–Crippen LogP) is 2.85. The van der Waals surface area contributed by atoms with Gasteiger partial charge in [-0.05, 0) is 43.9 Å². The average Bonchev–Trinajstić information content (AvgIpc) is 2.46. The first-order valence-electron chi connectivity index (χ1n) is 6.95. The fraction of sp³-hybridized carbons (Fsp3) is 0.500. The number of aliphatic hydroxyl groups is 1. The van der Waals surface area contributed by atoms with E-state index in [0.29, 0.717) is 6.04 Å². The Kier molecular flexibility index (Phi) is 5.90. The minimum absolute atomic E-state index is 0.117. The second kappa shape index (κ2) is 7.68. The van der Waals surface area contributed by atoms with Crippen LogP contribution in [0.1, 0.15) is 31.2 Å². The summed E-state index contributed by atoms with van der Waals surface area (Å²) in [5.41, 5.74) is 1.10. The van der Waals surface area contributed by atoms with Crippen LogP contribution in [-0.2, 0) is 6.54 Å². The van der Waals surface area contributed by atoms with Crippen molar-refractivity contribution in [2.24, 2.45) is 0 Å². The summed E-state index contributed by atoms with van der Waals surface area (Å²) in [6, 6.07) is 6.41. The van der Waals surface area contributed by atoms with Gasteiger partial charge in [0.25, 0.3) is 0 Å². The molecule has 0 saturated heterocycles. The zero-order valence-corrected chi connectivity index (χ0v) is 13.0. The van der Waals surface area contributed by atoms with E-state index in [0.717, 1.165) is 48.0 Å². The summed E-state index contributed by atoms with van der Waals surface area (Å²) in [7, 11) is 0. The number of benzene rings is 1. The Bertz CT molecular complexity index is 476. The highest BCUT2D eigenvalue weighted by atomic mass is 79.9. The van der Waals surface area contributed by atoms with E-state index >= 15 is 0 Å². The molecule has 108 valence electrons. The van der Waals surface area contributed by atoms with Crippen molar-refractivity contribution in [3.8, 4) is 18.1 Å². The molecule has 1 aromatic carbocycles.